The van der Waals surface area contributed by atoms with E-state index < -0.39 is 20.7 Å². The number of aromatic nitrogens is 2. The first-order valence-electron chi connectivity index (χ1n) is 6.13. The van der Waals surface area contributed by atoms with Crippen LogP contribution in [0.25, 0.3) is 0 Å². The van der Waals surface area contributed by atoms with Gasteiger partial charge in [-0.3, -0.25) is 0 Å². The van der Waals surface area contributed by atoms with Crippen molar-refractivity contribution in [1.29, 1.82) is 0 Å². The smallest absolute Gasteiger partial charge is 0.243 e. The van der Waals surface area contributed by atoms with Gasteiger partial charge in [0.25, 0.3) is 0 Å². The van der Waals surface area contributed by atoms with E-state index in [1.807, 2.05) is 0 Å². The molecule has 8 heteroatoms. The largest absolute Gasteiger partial charge is 0.398 e. The lowest BCUT2D eigenvalue weighted by molar-refractivity contribution is 0.556. The minimum atomic E-state index is -4.01. The summed E-state index contributed by atoms with van der Waals surface area (Å²) in [6.07, 6.45) is 1.52. The second kappa shape index (κ2) is 5.74. The number of nitrogen functional groups attached to an aromatic ring is 1. The topological polar surface area (TPSA) is 98.0 Å². The SMILES string of the molecule is Cc1nccc(CNS(=O)(=O)c2cc(N)c(C)cc2F)n1. The Morgan fingerprint density at radius 1 is 1.33 bits per heavy atom. The van der Waals surface area contributed by atoms with Crippen molar-refractivity contribution in [3.05, 3.63) is 47.3 Å². The quantitative estimate of drug-likeness (QED) is 0.829. The van der Waals surface area contributed by atoms with Gasteiger partial charge >= 0.3 is 0 Å². The minimum absolute atomic E-state index is 0.0566. The van der Waals surface area contributed by atoms with Gasteiger partial charge < -0.3 is 5.73 Å². The van der Waals surface area contributed by atoms with Gasteiger partial charge in [-0.1, -0.05) is 0 Å². The summed E-state index contributed by atoms with van der Waals surface area (Å²) in [4.78, 5) is 7.50. The van der Waals surface area contributed by atoms with Crippen LogP contribution >= 0.6 is 0 Å². The van der Waals surface area contributed by atoms with Crippen LogP contribution in [0.15, 0.2) is 29.3 Å². The fraction of sp³-hybridized carbons (Fsp3) is 0.231. The van der Waals surface area contributed by atoms with Crippen LogP contribution in [-0.2, 0) is 16.6 Å². The lowest BCUT2D eigenvalue weighted by Gasteiger charge is -2.09. The van der Waals surface area contributed by atoms with Crippen molar-refractivity contribution in [3.63, 3.8) is 0 Å². The van der Waals surface area contributed by atoms with Crippen molar-refractivity contribution in [3.8, 4) is 0 Å². The van der Waals surface area contributed by atoms with Crippen molar-refractivity contribution >= 4 is 15.7 Å². The molecule has 3 N–H and O–H groups in total. The van der Waals surface area contributed by atoms with Gasteiger partial charge in [-0.05, 0) is 37.6 Å². The Morgan fingerprint density at radius 2 is 2.05 bits per heavy atom. The highest BCUT2D eigenvalue weighted by Crippen LogP contribution is 2.21. The third kappa shape index (κ3) is 3.53. The summed E-state index contributed by atoms with van der Waals surface area (Å²) in [5.74, 6) is -0.314. The minimum Gasteiger partial charge on any atom is -0.398 e. The number of sulfonamides is 1. The molecular weight excluding hydrogens is 295 g/mol. The molecule has 6 nitrogen and oxygen atoms in total. The molecule has 0 radical (unpaired) electrons. The maximum absolute atomic E-state index is 13.8. The summed E-state index contributed by atoms with van der Waals surface area (Å²) < 4.78 is 40.4. The lowest BCUT2D eigenvalue weighted by Crippen LogP contribution is -2.25. The number of nitrogens with two attached hydrogens (primary N) is 1. The Labute approximate surface area is 122 Å². The predicted molar refractivity (Wildman–Crippen MR) is 76.3 cm³/mol. The average Bonchev–Trinajstić information content (AvgIpc) is 2.41. The van der Waals surface area contributed by atoms with Crippen molar-refractivity contribution in [1.82, 2.24) is 14.7 Å². The van der Waals surface area contributed by atoms with E-state index in [1.54, 1.807) is 19.9 Å². The van der Waals surface area contributed by atoms with Crippen molar-refractivity contribution < 1.29 is 12.8 Å². The van der Waals surface area contributed by atoms with E-state index in [9.17, 15) is 12.8 Å². The molecule has 0 aliphatic heterocycles. The number of rotatable bonds is 4. The first kappa shape index (κ1) is 15.3. The van der Waals surface area contributed by atoms with Crippen LogP contribution in [0, 0.1) is 19.7 Å². The first-order valence-corrected chi connectivity index (χ1v) is 7.62. The maximum atomic E-state index is 13.8. The van der Waals surface area contributed by atoms with Gasteiger partial charge in [-0.2, -0.15) is 0 Å². The van der Waals surface area contributed by atoms with Gasteiger partial charge in [0.15, 0.2) is 0 Å². The van der Waals surface area contributed by atoms with Gasteiger partial charge in [-0.25, -0.2) is 27.5 Å². The molecule has 21 heavy (non-hydrogen) atoms. The summed E-state index contributed by atoms with van der Waals surface area (Å²) >= 11 is 0. The number of anilines is 1. The molecule has 0 fully saturated rings. The molecule has 0 saturated carbocycles. The molecule has 0 amide bonds. The standard InChI is InChI=1S/C13H15FN4O2S/c1-8-5-11(14)13(6-12(8)15)21(19,20)17-7-10-3-4-16-9(2)18-10/h3-6,17H,7,15H2,1-2H3. The highest BCUT2D eigenvalue weighted by atomic mass is 32.2. The Balaban J connectivity index is 2.25. The van der Waals surface area contributed by atoms with Gasteiger partial charge in [0, 0.05) is 11.9 Å². The molecule has 1 heterocycles. The summed E-state index contributed by atoms with van der Waals surface area (Å²) in [7, 11) is -4.01. The lowest BCUT2D eigenvalue weighted by atomic mass is 10.2. The van der Waals surface area contributed by atoms with Crippen LogP contribution in [0.2, 0.25) is 0 Å². The predicted octanol–water partition coefficient (Wildman–Crippen LogP) is 1.29. The zero-order valence-electron chi connectivity index (χ0n) is 11.6. The first-order chi connectivity index (χ1) is 9.79. The van der Waals surface area contributed by atoms with E-state index in [2.05, 4.69) is 14.7 Å². The number of nitrogens with zero attached hydrogens (tertiary/aromatic N) is 2. The Hall–Kier alpha value is -2.06. The van der Waals surface area contributed by atoms with E-state index in [0.29, 0.717) is 17.1 Å². The highest BCUT2D eigenvalue weighted by Gasteiger charge is 2.20. The van der Waals surface area contributed by atoms with Gasteiger partial charge in [-0.15, -0.1) is 0 Å². The molecule has 1 aromatic carbocycles. The van der Waals surface area contributed by atoms with Crippen LogP contribution < -0.4 is 10.5 Å². The van der Waals surface area contributed by atoms with E-state index >= 15 is 0 Å². The van der Waals surface area contributed by atoms with Gasteiger partial charge in [0.1, 0.15) is 16.5 Å². The zero-order valence-corrected chi connectivity index (χ0v) is 12.4. The van der Waals surface area contributed by atoms with E-state index in [4.69, 9.17) is 5.73 Å². The molecule has 112 valence electrons. The van der Waals surface area contributed by atoms with E-state index in [0.717, 1.165) is 12.1 Å². The molecular formula is C13H15FN4O2S. The van der Waals surface area contributed by atoms with Crippen LogP contribution in [0.5, 0.6) is 0 Å². The number of aryl methyl sites for hydroxylation is 2. The van der Waals surface area contributed by atoms with Crippen LogP contribution in [0.3, 0.4) is 0 Å². The number of hydrogen-bond acceptors (Lipinski definition) is 5. The molecule has 0 atom stereocenters. The number of benzene rings is 1. The highest BCUT2D eigenvalue weighted by molar-refractivity contribution is 7.89. The van der Waals surface area contributed by atoms with Gasteiger partial charge in [0.2, 0.25) is 10.0 Å². The number of nitrogens with one attached hydrogen (secondary N) is 1. The number of hydrogen-bond donors (Lipinski definition) is 2. The molecule has 2 rings (SSSR count). The zero-order chi connectivity index (χ0) is 15.6. The number of halogens is 1. The second-order valence-corrected chi connectivity index (χ2v) is 6.29. The molecule has 2 aromatic rings. The van der Waals surface area contributed by atoms with Crippen molar-refractivity contribution in [2.24, 2.45) is 0 Å². The third-order valence-electron chi connectivity index (χ3n) is 2.89. The molecule has 0 aliphatic carbocycles. The Morgan fingerprint density at radius 3 is 2.71 bits per heavy atom. The fourth-order valence-electron chi connectivity index (χ4n) is 1.72. The van der Waals surface area contributed by atoms with Crippen LogP contribution in [-0.4, -0.2) is 18.4 Å². The Bertz CT molecular complexity index is 778. The summed E-state index contributed by atoms with van der Waals surface area (Å²) in [5.41, 5.74) is 6.83. The maximum Gasteiger partial charge on any atom is 0.243 e. The summed E-state index contributed by atoms with van der Waals surface area (Å²) in [6.45, 7) is 3.24. The summed E-state index contributed by atoms with van der Waals surface area (Å²) in [5, 5.41) is 0. The molecule has 0 bridgehead atoms. The van der Waals surface area contributed by atoms with Crippen LogP contribution in [0.4, 0.5) is 10.1 Å². The Kier molecular flexibility index (Phi) is 4.19. The molecule has 0 unspecified atom stereocenters. The second-order valence-electron chi connectivity index (χ2n) is 4.56. The molecule has 0 saturated heterocycles. The van der Waals surface area contributed by atoms with E-state index in [1.165, 1.54) is 6.20 Å². The van der Waals surface area contributed by atoms with Crippen molar-refractivity contribution in [2.75, 3.05) is 5.73 Å². The monoisotopic (exact) mass is 310 g/mol. The summed E-state index contributed by atoms with van der Waals surface area (Å²) in [6, 6.07) is 3.78. The fourth-order valence-corrected chi connectivity index (χ4v) is 2.82. The molecule has 0 aliphatic rings. The van der Waals surface area contributed by atoms with Crippen LogP contribution in [0.1, 0.15) is 17.1 Å². The average molecular weight is 310 g/mol. The molecule has 0 spiro atoms. The van der Waals surface area contributed by atoms with E-state index in [-0.39, 0.29) is 12.2 Å². The third-order valence-corrected chi connectivity index (χ3v) is 4.30. The molecule has 1 aromatic heterocycles. The van der Waals surface area contributed by atoms with Crippen molar-refractivity contribution in [2.45, 2.75) is 25.3 Å². The normalized spacial score (nSPS) is 11.6. The van der Waals surface area contributed by atoms with Gasteiger partial charge in [0.05, 0.1) is 12.2 Å².